The van der Waals surface area contributed by atoms with Crippen molar-refractivity contribution in [3.63, 3.8) is 0 Å². The predicted molar refractivity (Wildman–Crippen MR) is 70.9 cm³/mol. The summed E-state index contributed by atoms with van der Waals surface area (Å²) in [7, 11) is 0. The summed E-state index contributed by atoms with van der Waals surface area (Å²) in [6, 6.07) is 0.173. The fraction of sp³-hybridized carbons (Fsp3) is 0.846. The van der Waals surface area contributed by atoms with E-state index in [-0.39, 0.29) is 23.9 Å². The van der Waals surface area contributed by atoms with E-state index in [9.17, 15) is 9.59 Å². The molecular formula is C13H25N3O2. The average Bonchev–Trinajstić information content (AvgIpc) is 2.63. The molecule has 0 bridgehead atoms. The normalized spacial score (nSPS) is 18.8. The fourth-order valence-electron chi connectivity index (χ4n) is 2.20. The number of amides is 2. The third-order valence-corrected chi connectivity index (χ3v) is 3.14. The number of carbonyl (C=O) groups excluding carboxylic acids is 2. The molecule has 0 aliphatic carbocycles. The first-order valence-electron chi connectivity index (χ1n) is 6.81. The fourth-order valence-corrected chi connectivity index (χ4v) is 2.20. The standard InChI is InChI=1S/C13H25N3O2/c1-10(14)5-3-6-12(17)15-11(2)9-16-8-4-7-13(16)18/h10-11H,3-9,14H2,1-2H3,(H,15,17). The second-order valence-electron chi connectivity index (χ2n) is 5.28. The second-order valence-corrected chi connectivity index (χ2v) is 5.28. The highest BCUT2D eigenvalue weighted by atomic mass is 16.2. The summed E-state index contributed by atoms with van der Waals surface area (Å²) in [4.78, 5) is 24.9. The van der Waals surface area contributed by atoms with E-state index in [4.69, 9.17) is 5.73 Å². The Hall–Kier alpha value is -1.10. The summed E-state index contributed by atoms with van der Waals surface area (Å²) in [5, 5.41) is 2.93. The van der Waals surface area contributed by atoms with Crippen molar-refractivity contribution in [3.05, 3.63) is 0 Å². The Bertz CT molecular complexity index is 292. The third-order valence-electron chi connectivity index (χ3n) is 3.14. The van der Waals surface area contributed by atoms with Gasteiger partial charge in [0.15, 0.2) is 0 Å². The van der Waals surface area contributed by atoms with E-state index in [1.54, 1.807) is 0 Å². The molecular weight excluding hydrogens is 230 g/mol. The number of nitrogens with one attached hydrogen (secondary N) is 1. The molecule has 1 aliphatic rings. The zero-order chi connectivity index (χ0) is 13.5. The molecule has 0 saturated carbocycles. The van der Waals surface area contributed by atoms with Crippen molar-refractivity contribution in [2.45, 2.75) is 58.0 Å². The smallest absolute Gasteiger partial charge is 0.222 e. The molecule has 2 unspecified atom stereocenters. The minimum absolute atomic E-state index is 0.0230. The van der Waals surface area contributed by atoms with E-state index in [0.29, 0.717) is 19.4 Å². The van der Waals surface area contributed by atoms with Gasteiger partial charge in [-0.3, -0.25) is 9.59 Å². The number of likely N-dealkylation sites (tertiary alicyclic amines) is 1. The van der Waals surface area contributed by atoms with Crippen LogP contribution in [0, 0.1) is 0 Å². The van der Waals surface area contributed by atoms with Gasteiger partial charge in [0.25, 0.3) is 0 Å². The molecule has 104 valence electrons. The lowest BCUT2D eigenvalue weighted by molar-refractivity contribution is -0.129. The number of carbonyl (C=O) groups is 2. The zero-order valence-electron chi connectivity index (χ0n) is 11.4. The van der Waals surface area contributed by atoms with Crippen molar-refractivity contribution in [1.29, 1.82) is 0 Å². The van der Waals surface area contributed by atoms with E-state index in [2.05, 4.69) is 5.32 Å². The van der Waals surface area contributed by atoms with Gasteiger partial charge < -0.3 is 16.0 Å². The van der Waals surface area contributed by atoms with Crippen LogP contribution in [0.25, 0.3) is 0 Å². The molecule has 3 N–H and O–H groups in total. The van der Waals surface area contributed by atoms with Crippen LogP contribution in [0.3, 0.4) is 0 Å². The van der Waals surface area contributed by atoms with Gasteiger partial charge in [0.1, 0.15) is 0 Å². The first kappa shape index (κ1) is 15.0. The summed E-state index contributed by atoms with van der Waals surface area (Å²) >= 11 is 0. The largest absolute Gasteiger partial charge is 0.352 e. The Labute approximate surface area is 109 Å². The third kappa shape index (κ3) is 5.49. The van der Waals surface area contributed by atoms with Crippen LogP contribution >= 0.6 is 0 Å². The maximum atomic E-state index is 11.6. The van der Waals surface area contributed by atoms with Crippen molar-refractivity contribution in [1.82, 2.24) is 10.2 Å². The lowest BCUT2D eigenvalue weighted by atomic mass is 10.1. The number of nitrogens with zero attached hydrogens (tertiary/aromatic N) is 1. The summed E-state index contributed by atoms with van der Waals surface area (Å²) in [5.41, 5.74) is 5.63. The minimum atomic E-state index is 0.0230. The summed E-state index contributed by atoms with van der Waals surface area (Å²) < 4.78 is 0. The highest BCUT2D eigenvalue weighted by molar-refractivity contribution is 5.78. The van der Waals surface area contributed by atoms with E-state index in [0.717, 1.165) is 25.8 Å². The molecule has 0 aromatic carbocycles. The molecule has 1 saturated heterocycles. The molecule has 1 fully saturated rings. The molecule has 0 aromatic rings. The van der Waals surface area contributed by atoms with Crippen LogP contribution in [-0.4, -0.2) is 41.9 Å². The summed E-state index contributed by atoms with van der Waals surface area (Å²) in [6.45, 7) is 5.33. The van der Waals surface area contributed by atoms with Gasteiger partial charge in [-0.1, -0.05) is 0 Å². The van der Waals surface area contributed by atoms with Crippen molar-refractivity contribution in [3.8, 4) is 0 Å². The van der Waals surface area contributed by atoms with Crippen molar-refractivity contribution < 1.29 is 9.59 Å². The predicted octanol–water partition coefficient (Wildman–Crippen LogP) is 0.631. The van der Waals surface area contributed by atoms with Crippen molar-refractivity contribution in [2.75, 3.05) is 13.1 Å². The van der Waals surface area contributed by atoms with E-state index in [1.165, 1.54) is 0 Å². The van der Waals surface area contributed by atoms with E-state index < -0.39 is 0 Å². The summed E-state index contributed by atoms with van der Waals surface area (Å²) in [5.74, 6) is 0.253. The van der Waals surface area contributed by atoms with E-state index >= 15 is 0 Å². The number of rotatable bonds is 7. The van der Waals surface area contributed by atoms with Crippen molar-refractivity contribution in [2.24, 2.45) is 5.73 Å². The molecule has 5 nitrogen and oxygen atoms in total. The Balaban J connectivity index is 2.16. The number of nitrogens with two attached hydrogens (primary N) is 1. The maximum absolute atomic E-state index is 11.6. The molecule has 1 heterocycles. The molecule has 0 radical (unpaired) electrons. The molecule has 1 rings (SSSR count). The van der Waals surface area contributed by atoms with Crippen LogP contribution in [0.4, 0.5) is 0 Å². The highest BCUT2D eigenvalue weighted by Gasteiger charge is 2.22. The SMILES string of the molecule is CC(N)CCCC(=O)NC(C)CN1CCCC1=O. The van der Waals surface area contributed by atoms with Gasteiger partial charge in [-0.25, -0.2) is 0 Å². The molecule has 2 atom stereocenters. The summed E-state index contributed by atoms with van der Waals surface area (Å²) in [6.07, 6.45) is 3.79. The Morgan fingerprint density at radius 1 is 1.50 bits per heavy atom. The molecule has 0 spiro atoms. The van der Waals surface area contributed by atoms with Crippen LogP contribution < -0.4 is 11.1 Å². The van der Waals surface area contributed by atoms with Gasteiger partial charge in [-0.05, 0) is 33.1 Å². The molecule has 2 amide bonds. The monoisotopic (exact) mass is 255 g/mol. The van der Waals surface area contributed by atoms with Crippen LogP contribution in [0.2, 0.25) is 0 Å². The second kappa shape index (κ2) is 7.36. The first-order chi connectivity index (χ1) is 8.49. The van der Waals surface area contributed by atoms with Crippen molar-refractivity contribution >= 4 is 11.8 Å². The van der Waals surface area contributed by atoms with Crippen LogP contribution in [-0.2, 0) is 9.59 Å². The topological polar surface area (TPSA) is 75.4 Å². The van der Waals surface area contributed by atoms with Gasteiger partial charge in [0.2, 0.25) is 11.8 Å². The lowest BCUT2D eigenvalue weighted by Crippen LogP contribution is -2.42. The molecule has 1 aliphatic heterocycles. The maximum Gasteiger partial charge on any atom is 0.222 e. The van der Waals surface area contributed by atoms with Gasteiger partial charge >= 0.3 is 0 Å². The molecule has 5 heteroatoms. The Morgan fingerprint density at radius 3 is 2.78 bits per heavy atom. The highest BCUT2D eigenvalue weighted by Crippen LogP contribution is 2.09. The number of hydrogen-bond acceptors (Lipinski definition) is 3. The molecule has 18 heavy (non-hydrogen) atoms. The minimum Gasteiger partial charge on any atom is -0.352 e. The van der Waals surface area contributed by atoms with Crippen LogP contribution in [0.15, 0.2) is 0 Å². The zero-order valence-corrected chi connectivity index (χ0v) is 11.4. The molecule has 0 aromatic heterocycles. The average molecular weight is 255 g/mol. The van der Waals surface area contributed by atoms with Crippen LogP contribution in [0.1, 0.15) is 46.0 Å². The van der Waals surface area contributed by atoms with Gasteiger partial charge in [0.05, 0.1) is 0 Å². The Morgan fingerprint density at radius 2 is 2.22 bits per heavy atom. The van der Waals surface area contributed by atoms with Crippen LogP contribution in [0.5, 0.6) is 0 Å². The number of hydrogen-bond donors (Lipinski definition) is 2. The van der Waals surface area contributed by atoms with Gasteiger partial charge in [-0.15, -0.1) is 0 Å². The van der Waals surface area contributed by atoms with Gasteiger partial charge in [-0.2, -0.15) is 0 Å². The van der Waals surface area contributed by atoms with Gasteiger partial charge in [0, 0.05) is 38.0 Å². The lowest BCUT2D eigenvalue weighted by Gasteiger charge is -2.21. The quantitative estimate of drug-likeness (QED) is 0.700. The van der Waals surface area contributed by atoms with E-state index in [1.807, 2.05) is 18.7 Å². The first-order valence-corrected chi connectivity index (χ1v) is 6.81. The Kier molecular flexibility index (Phi) is 6.12.